The summed E-state index contributed by atoms with van der Waals surface area (Å²) in [6.07, 6.45) is 5.63. The lowest BCUT2D eigenvalue weighted by molar-refractivity contribution is 0.152. The summed E-state index contributed by atoms with van der Waals surface area (Å²) in [5, 5.41) is 4.29. The number of nitrogens with zero attached hydrogens (tertiary/aromatic N) is 1. The van der Waals surface area contributed by atoms with Crippen molar-refractivity contribution >= 4 is 17.3 Å². The minimum absolute atomic E-state index is 0.459. The van der Waals surface area contributed by atoms with Gasteiger partial charge in [0, 0.05) is 19.1 Å². The predicted octanol–water partition coefficient (Wildman–Crippen LogP) is 2.15. The molecule has 80 valence electrons. The van der Waals surface area contributed by atoms with Gasteiger partial charge in [0.1, 0.15) is 0 Å². The summed E-state index contributed by atoms with van der Waals surface area (Å²) in [6.45, 7) is 6.65. The third kappa shape index (κ3) is 1.88. The fourth-order valence-electron chi connectivity index (χ4n) is 2.53. The van der Waals surface area contributed by atoms with E-state index in [9.17, 15) is 0 Å². The van der Waals surface area contributed by atoms with Crippen LogP contribution < -0.4 is 5.32 Å². The van der Waals surface area contributed by atoms with Crippen molar-refractivity contribution in [3.63, 3.8) is 0 Å². The predicted molar refractivity (Wildman–Crippen MR) is 63.3 cm³/mol. The highest BCUT2D eigenvalue weighted by Gasteiger charge is 2.43. The quantitative estimate of drug-likeness (QED) is 0.671. The van der Waals surface area contributed by atoms with E-state index in [0.29, 0.717) is 11.5 Å². The molecular formula is C11H20N2S. The van der Waals surface area contributed by atoms with Crippen molar-refractivity contribution in [3.05, 3.63) is 0 Å². The monoisotopic (exact) mass is 212 g/mol. The van der Waals surface area contributed by atoms with Crippen molar-refractivity contribution in [2.24, 2.45) is 5.41 Å². The average Bonchev–Trinajstić information content (AvgIpc) is 2.45. The van der Waals surface area contributed by atoms with E-state index in [0.717, 1.165) is 5.11 Å². The van der Waals surface area contributed by atoms with Crippen LogP contribution in [0.1, 0.15) is 39.5 Å². The molecule has 1 aliphatic carbocycles. The van der Waals surface area contributed by atoms with Crippen molar-refractivity contribution in [3.8, 4) is 0 Å². The molecule has 1 saturated carbocycles. The minimum atomic E-state index is 0.459. The Labute approximate surface area is 92.0 Å². The highest BCUT2D eigenvalue weighted by atomic mass is 32.1. The van der Waals surface area contributed by atoms with Crippen LogP contribution in [-0.2, 0) is 0 Å². The van der Waals surface area contributed by atoms with Crippen LogP contribution in [0.4, 0.5) is 0 Å². The molecule has 3 heteroatoms. The number of rotatable bonds is 1. The van der Waals surface area contributed by atoms with Gasteiger partial charge >= 0.3 is 0 Å². The molecule has 0 radical (unpaired) electrons. The Bertz CT molecular complexity index is 233. The van der Waals surface area contributed by atoms with E-state index in [-0.39, 0.29) is 0 Å². The Morgan fingerprint density at radius 2 is 2.07 bits per heavy atom. The van der Waals surface area contributed by atoms with Gasteiger partial charge in [0.25, 0.3) is 0 Å². The summed E-state index contributed by atoms with van der Waals surface area (Å²) < 4.78 is 0. The first-order chi connectivity index (χ1) is 6.61. The maximum Gasteiger partial charge on any atom is 0.169 e. The van der Waals surface area contributed by atoms with Crippen molar-refractivity contribution < 1.29 is 0 Å². The molecule has 1 heterocycles. The largest absolute Gasteiger partial charge is 0.360 e. The van der Waals surface area contributed by atoms with Crippen LogP contribution in [-0.4, -0.2) is 29.1 Å². The molecule has 0 aromatic carbocycles. The van der Waals surface area contributed by atoms with E-state index in [1.54, 1.807) is 0 Å². The van der Waals surface area contributed by atoms with Crippen molar-refractivity contribution in [1.82, 2.24) is 10.2 Å². The fraction of sp³-hybridized carbons (Fsp3) is 0.909. The molecule has 0 amide bonds. The lowest BCUT2D eigenvalue weighted by Gasteiger charge is -2.38. The van der Waals surface area contributed by atoms with Crippen molar-refractivity contribution in [2.75, 3.05) is 13.1 Å². The van der Waals surface area contributed by atoms with Crippen LogP contribution in [0.5, 0.6) is 0 Å². The number of hydrogen-bond donors (Lipinski definition) is 1. The molecule has 0 aromatic rings. The van der Waals surface area contributed by atoms with Gasteiger partial charge in [-0.2, -0.15) is 0 Å². The van der Waals surface area contributed by atoms with Gasteiger partial charge < -0.3 is 10.2 Å². The fourth-order valence-corrected chi connectivity index (χ4v) is 2.92. The molecule has 1 spiro atoms. The molecule has 2 aliphatic rings. The Morgan fingerprint density at radius 1 is 1.36 bits per heavy atom. The third-order valence-corrected chi connectivity index (χ3v) is 3.93. The molecule has 2 fully saturated rings. The van der Waals surface area contributed by atoms with E-state index < -0.39 is 0 Å². The molecule has 14 heavy (non-hydrogen) atoms. The molecular weight excluding hydrogens is 192 g/mol. The van der Waals surface area contributed by atoms with E-state index in [1.807, 2.05) is 0 Å². The van der Waals surface area contributed by atoms with Crippen LogP contribution in [0.25, 0.3) is 0 Å². The Hall–Kier alpha value is -0.310. The molecule has 2 nitrogen and oxygen atoms in total. The Morgan fingerprint density at radius 3 is 2.50 bits per heavy atom. The summed E-state index contributed by atoms with van der Waals surface area (Å²) in [5.41, 5.74) is 0.655. The van der Waals surface area contributed by atoms with Crippen LogP contribution in [0.3, 0.4) is 0 Å². The summed E-state index contributed by atoms with van der Waals surface area (Å²) in [5.74, 6) is 0. The smallest absolute Gasteiger partial charge is 0.169 e. The first kappa shape index (κ1) is 10.2. The Kier molecular flexibility index (Phi) is 2.69. The van der Waals surface area contributed by atoms with Gasteiger partial charge in [-0.05, 0) is 50.7 Å². The number of thiocarbonyl (C=S) groups is 1. The van der Waals surface area contributed by atoms with Gasteiger partial charge in [0.2, 0.25) is 0 Å². The summed E-state index contributed by atoms with van der Waals surface area (Å²) in [6, 6.07) is 0.459. The minimum Gasteiger partial charge on any atom is -0.360 e. The molecule has 0 atom stereocenters. The summed E-state index contributed by atoms with van der Waals surface area (Å²) >= 11 is 5.38. The number of likely N-dealkylation sites (tertiary alicyclic amines) is 1. The van der Waals surface area contributed by atoms with Crippen molar-refractivity contribution in [2.45, 2.75) is 45.6 Å². The third-order valence-electron chi connectivity index (χ3n) is 3.55. The van der Waals surface area contributed by atoms with Gasteiger partial charge in [0.15, 0.2) is 5.11 Å². The van der Waals surface area contributed by atoms with Crippen LogP contribution in [0.2, 0.25) is 0 Å². The molecule has 2 rings (SSSR count). The van der Waals surface area contributed by atoms with Crippen LogP contribution in [0, 0.1) is 5.41 Å². The van der Waals surface area contributed by atoms with Gasteiger partial charge in [0.05, 0.1) is 0 Å². The zero-order chi connectivity index (χ0) is 10.2. The average molecular weight is 212 g/mol. The second-order valence-corrected chi connectivity index (χ2v) is 5.52. The van der Waals surface area contributed by atoms with Crippen molar-refractivity contribution in [1.29, 1.82) is 0 Å². The van der Waals surface area contributed by atoms with Crippen LogP contribution in [0.15, 0.2) is 0 Å². The Balaban J connectivity index is 1.85. The zero-order valence-electron chi connectivity index (χ0n) is 9.18. The molecule has 1 aliphatic heterocycles. The number of nitrogens with one attached hydrogen (secondary N) is 1. The van der Waals surface area contributed by atoms with Gasteiger partial charge in [-0.25, -0.2) is 0 Å². The lowest BCUT2D eigenvalue weighted by atomic mass is 9.68. The standard InChI is InChI=1S/C11H20N2S/c1-9(2)12-10(14)13-7-6-11(8-13)4-3-5-11/h9H,3-8H2,1-2H3,(H,12,14). The van der Waals surface area contributed by atoms with E-state index >= 15 is 0 Å². The molecule has 0 aromatic heterocycles. The first-order valence-corrected chi connectivity index (χ1v) is 6.08. The van der Waals surface area contributed by atoms with E-state index in [1.165, 1.54) is 38.8 Å². The highest BCUT2D eigenvalue weighted by Crippen LogP contribution is 2.47. The maximum atomic E-state index is 5.38. The molecule has 0 unspecified atom stereocenters. The first-order valence-electron chi connectivity index (χ1n) is 5.67. The number of hydrogen-bond acceptors (Lipinski definition) is 1. The molecule has 0 bridgehead atoms. The topological polar surface area (TPSA) is 15.3 Å². The molecule has 1 N–H and O–H groups in total. The zero-order valence-corrected chi connectivity index (χ0v) is 9.99. The second kappa shape index (κ2) is 3.69. The second-order valence-electron chi connectivity index (χ2n) is 5.13. The SMILES string of the molecule is CC(C)NC(=S)N1CCC2(CCC2)C1. The van der Waals surface area contributed by atoms with Crippen LogP contribution >= 0.6 is 12.2 Å². The normalized spacial score (nSPS) is 24.1. The highest BCUT2D eigenvalue weighted by molar-refractivity contribution is 7.80. The molecule has 1 saturated heterocycles. The maximum absolute atomic E-state index is 5.38. The summed E-state index contributed by atoms with van der Waals surface area (Å²) in [4.78, 5) is 2.36. The lowest BCUT2D eigenvalue weighted by Crippen LogP contribution is -2.43. The van der Waals surface area contributed by atoms with E-state index in [2.05, 4.69) is 24.1 Å². The van der Waals surface area contributed by atoms with Gasteiger partial charge in [-0.15, -0.1) is 0 Å². The van der Waals surface area contributed by atoms with E-state index in [4.69, 9.17) is 12.2 Å². The van der Waals surface area contributed by atoms with Gasteiger partial charge in [-0.3, -0.25) is 0 Å². The summed E-state index contributed by atoms with van der Waals surface area (Å²) in [7, 11) is 0. The van der Waals surface area contributed by atoms with Gasteiger partial charge in [-0.1, -0.05) is 6.42 Å².